The number of hydrogen-bond acceptors (Lipinski definition) is 0. The lowest BCUT2D eigenvalue weighted by Crippen LogP contribution is -2.52. The van der Waals surface area contributed by atoms with E-state index in [1.165, 1.54) is 20.0 Å². The topological polar surface area (TPSA) is 0 Å². The maximum Gasteiger partial charge on any atom is 0.156 e. The molecule has 0 spiro atoms. The molecular weight excluding hydrogens is 324 g/mol. The molecule has 0 saturated heterocycles. The summed E-state index contributed by atoms with van der Waals surface area (Å²) in [4.78, 5) is 0. The van der Waals surface area contributed by atoms with Crippen molar-refractivity contribution in [1.29, 1.82) is 0 Å². The summed E-state index contributed by atoms with van der Waals surface area (Å²) in [6, 6.07) is 30.2. The van der Waals surface area contributed by atoms with E-state index in [2.05, 4.69) is 101 Å². The van der Waals surface area contributed by atoms with Crippen LogP contribution in [0.25, 0.3) is 0 Å². The second-order valence-electron chi connectivity index (χ2n) is 4.59. The smallest absolute Gasteiger partial charge is 0.0624 e. The Morgan fingerprint density at radius 3 is 1.50 bits per heavy atom. The third-order valence-corrected chi connectivity index (χ3v) is 7.12. The molecule has 3 aromatic carbocycles. The van der Waals surface area contributed by atoms with Crippen LogP contribution in [0.15, 0.2) is 89.4 Å². The Balaban J connectivity index is 2.17. The van der Waals surface area contributed by atoms with Gasteiger partial charge in [0.05, 0.1) is 0 Å². The van der Waals surface area contributed by atoms with Crippen molar-refractivity contribution in [3.63, 3.8) is 0 Å². The zero-order valence-electron chi connectivity index (χ0n) is 11.0. The second-order valence-corrected chi connectivity index (χ2v) is 7.88. The molecule has 0 N–H and O–H groups in total. The first-order chi connectivity index (χ1) is 9.86. The van der Waals surface area contributed by atoms with Crippen LogP contribution in [-0.4, -0.2) is 8.80 Å². The number of benzene rings is 3. The molecule has 0 nitrogen and oxygen atoms in total. The first-order valence-electron chi connectivity index (χ1n) is 6.59. The van der Waals surface area contributed by atoms with Gasteiger partial charge in [-0.1, -0.05) is 105 Å². The molecule has 0 unspecified atom stereocenters. The molecule has 2 heteroatoms. The Hall–Kier alpha value is -1.64. The van der Waals surface area contributed by atoms with E-state index in [1.54, 1.807) is 0 Å². The van der Waals surface area contributed by atoms with E-state index in [1.807, 2.05) is 0 Å². The SMILES string of the molecule is Brc1ccccc1[Si](c1ccccc1)c1ccccc1. The monoisotopic (exact) mass is 337 g/mol. The summed E-state index contributed by atoms with van der Waals surface area (Å²) in [6.45, 7) is 0. The van der Waals surface area contributed by atoms with Crippen LogP contribution in [0.2, 0.25) is 0 Å². The second kappa shape index (κ2) is 6.20. The molecule has 0 aliphatic carbocycles. The third kappa shape index (κ3) is 2.76. The van der Waals surface area contributed by atoms with Gasteiger partial charge in [-0.2, -0.15) is 0 Å². The molecule has 97 valence electrons. The van der Waals surface area contributed by atoms with Crippen molar-refractivity contribution in [2.75, 3.05) is 0 Å². The van der Waals surface area contributed by atoms with Gasteiger partial charge < -0.3 is 0 Å². The average molecular weight is 338 g/mol. The highest BCUT2D eigenvalue weighted by Gasteiger charge is 2.20. The van der Waals surface area contributed by atoms with E-state index in [9.17, 15) is 0 Å². The number of rotatable bonds is 3. The normalized spacial score (nSPS) is 10.7. The van der Waals surface area contributed by atoms with Gasteiger partial charge in [0.1, 0.15) is 0 Å². The summed E-state index contributed by atoms with van der Waals surface area (Å²) in [6.07, 6.45) is 0. The summed E-state index contributed by atoms with van der Waals surface area (Å²) in [7, 11) is -0.954. The molecule has 3 aromatic rings. The minimum Gasteiger partial charge on any atom is -0.0624 e. The lowest BCUT2D eigenvalue weighted by molar-refractivity contribution is 1.68. The van der Waals surface area contributed by atoms with Crippen LogP contribution in [0.3, 0.4) is 0 Å². The van der Waals surface area contributed by atoms with E-state index < -0.39 is 8.80 Å². The van der Waals surface area contributed by atoms with Crippen molar-refractivity contribution in [2.45, 2.75) is 0 Å². The molecular formula is C18H14BrSi. The van der Waals surface area contributed by atoms with Crippen LogP contribution in [0.4, 0.5) is 0 Å². The minimum atomic E-state index is -0.954. The van der Waals surface area contributed by atoms with Gasteiger partial charge >= 0.3 is 0 Å². The van der Waals surface area contributed by atoms with Crippen LogP contribution in [0, 0.1) is 0 Å². The van der Waals surface area contributed by atoms with Crippen LogP contribution < -0.4 is 15.6 Å². The van der Waals surface area contributed by atoms with Crippen LogP contribution in [-0.2, 0) is 0 Å². The van der Waals surface area contributed by atoms with Gasteiger partial charge in [-0.05, 0) is 11.3 Å². The lowest BCUT2D eigenvalue weighted by Gasteiger charge is -2.17. The van der Waals surface area contributed by atoms with Gasteiger partial charge in [0, 0.05) is 4.47 Å². The van der Waals surface area contributed by atoms with Crippen molar-refractivity contribution in [3.8, 4) is 0 Å². The van der Waals surface area contributed by atoms with Crippen molar-refractivity contribution in [1.82, 2.24) is 0 Å². The molecule has 0 aliphatic heterocycles. The van der Waals surface area contributed by atoms with Gasteiger partial charge in [0.15, 0.2) is 8.80 Å². The molecule has 0 aliphatic rings. The fraction of sp³-hybridized carbons (Fsp3) is 0. The Labute approximate surface area is 129 Å². The molecule has 0 saturated carbocycles. The van der Waals surface area contributed by atoms with E-state index in [0.717, 1.165) is 0 Å². The highest BCUT2D eigenvalue weighted by atomic mass is 79.9. The maximum atomic E-state index is 3.72. The zero-order valence-corrected chi connectivity index (χ0v) is 13.5. The standard InChI is InChI=1S/C18H14BrSi/c19-17-13-7-8-14-18(17)20(15-9-3-1-4-10-15)16-11-5-2-6-12-16/h1-14H. The fourth-order valence-corrected chi connectivity index (χ4v) is 5.82. The summed E-state index contributed by atoms with van der Waals surface area (Å²) in [5.74, 6) is 0. The van der Waals surface area contributed by atoms with Crippen molar-refractivity contribution < 1.29 is 0 Å². The van der Waals surface area contributed by atoms with Crippen LogP contribution >= 0.6 is 15.9 Å². The summed E-state index contributed by atoms with van der Waals surface area (Å²) in [5.41, 5.74) is 0. The average Bonchev–Trinajstić information content (AvgIpc) is 2.52. The fourth-order valence-electron chi connectivity index (χ4n) is 2.35. The van der Waals surface area contributed by atoms with Crippen molar-refractivity contribution in [2.24, 2.45) is 0 Å². The highest BCUT2D eigenvalue weighted by molar-refractivity contribution is 9.10. The first kappa shape index (κ1) is 13.3. The van der Waals surface area contributed by atoms with E-state index >= 15 is 0 Å². The Morgan fingerprint density at radius 1 is 0.550 bits per heavy atom. The van der Waals surface area contributed by atoms with Crippen LogP contribution in [0.5, 0.6) is 0 Å². The maximum absolute atomic E-state index is 3.72. The zero-order chi connectivity index (χ0) is 13.8. The molecule has 0 amide bonds. The van der Waals surface area contributed by atoms with Crippen LogP contribution in [0.1, 0.15) is 0 Å². The van der Waals surface area contributed by atoms with Crippen molar-refractivity contribution in [3.05, 3.63) is 89.4 Å². The Morgan fingerprint density at radius 2 is 1.00 bits per heavy atom. The van der Waals surface area contributed by atoms with E-state index in [-0.39, 0.29) is 0 Å². The molecule has 0 fully saturated rings. The molecule has 20 heavy (non-hydrogen) atoms. The Kier molecular flexibility index (Phi) is 4.14. The molecule has 1 radical (unpaired) electrons. The molecule has 0 heterocycles. The van der Waals surface area contributed by atoms with Gasteiger partial charge in [-0.3, -0.25) is 0 Å². The third-order valence-electron chi connectivity index (χ3n) is 3.27. The molecule has 0 atom stereocenters. The first-order valence-corrected chi connectivity index (χ1v) is 8.88. The quantitative estimate of drug-likeness (QED) is 0.509. The number of hydrogen-bond donors (Lipinski definition) is 0. The predicted octanol–water partition coefficient (Wildman–Crippen LogP) is 2.97. The largest absolute Gasteiger partial charge is 0.156 e. The van der Waals surface area contributed by atoms with E-state index in [4.69, 9.17) is 0 Å². The predicted molar refractivity (Wildman–Crippen MR) is 91.7 cm³/mol. The summed E-state index contributed by atoms with van der Waals surface area (Å²) < 4.78 is 1.20. The van der Waals surface area contributed by atoms with E-state index in [0.29, 0.717) is 0 Å². The molecule has 3 rings (SSSR count). The highest BCUT2D eigenvalue weighted by Crippen LogP contribution is 2.07. The van der Waals surface area contributed by atoms with Gasteiger partial charge in [0.2, 0.25) is 0 Å². The lowest BCUT2D eigenvalue weighted by atomic mass is 10.3. The van der Waals surface area contributed by atoms with Gasteiger partial charge in [0.25, 0.3) is 0 Å². The Bertz CT molecular complexity index is 641. The number of halogens is 1. The van der Waals surface area contributed by atoms with Gasteiger partial charge in [-0.15, -0.1) is 0 Å². The minimum absolute atomic E-state index is 0.954. The summed E-state index contributed by atoms with van der Waals surface area (Å²) in [5, 5.41) is 4.22. The van der Waals surface area contributed by atoms with Crippen molar-refractivity contribution >= 4 is 40.3 Å². The molecule has 0 bridgehead atoms. The molecule has 0 aromatic heterocycles. The van der Waals surface area contributed by atoms with Gasteiger partial charge in [-0.25, -0.2) is 0 Å². The summed E-state index contributed by atoms with van der Waals surface area (Å²) >= 11 is 3.72.